The van der Waals surface area contributed by atoms with E-state index in [9.17, 15) is 24.0 Å². The van der Waals surface area contributed by atoms with E-state index in [1.165, 1.54) is 11.8 Å². The zero-order valence-electron chi connectivity index (χ0n) is 39.8. The molecule has 2 aromatic carbocycles. The average Bonchev–Trinajstić information content (AvgIpc) is 3.86. The number of anilines is 1. The van der Waals surface area contributed by atoms with Crippen molar-refractivity contribution in [3.05, 3.63) is 66.4 Å². The number of aromatic nitrogens is 3. The fourth-order valence-corrected chi connectivity index (χ4v) is 10.1. The second kappa shape index (κ2) is 20.7. The largest absolute Gasteiger partial charge is 0.455 e. The summed E-state index contributed by atoms with van der Waals surface area (Å²) in [6.45, 7) is 13.5. The van der Waals surface area contributed by atoms with Gasteiger partial charge >= 0.3 is 18.0 Å². The summed E-state index contributed by atoms with van der Waals surface area (Å²) in [7, 11) is 3.70. The van der Waals surface area contributed by atoms with Crippen LogP contribution in [0.15, 0.2) is 60.8 Å². The maximum absolute atomic E-state index is 17.1. The monoisotopic (exact) mass is 918 g/mol. The number of hydrogen-bond donors (Lipinski definition) is 1. The van der Waals surface area contributed by atoms with E-state index in [4.69, 9.17) is 29.4 Å². The van der Waals surface area contributed by atoms with Crippen LogP contribution in [0.5, 0.6) is 0 Å². The lowest BCUT2D eigenvalue weighted by Gasteiger charge is -2.45. The van der Waals surface area contributed by atoms with Crippen molar-refractivity contribution in [1.29, 1.82) is 0 Å². The van der Waals surface area contributed by atoms with Gasteiger partial charge in [-0.15, -0.1) is 5.10 Å². The number of unbranched alkanes of at least 4 members (excludes halogenated alkanes) is 1. The van der Waals surface area contributed by atoms with Gasteiger partial charge in [0, 0.05) is 42.1 Å². The number of carbonyl (C=O) groups is 5. The lowest BCUT2D eigenvalue weighted by Crippen LogP contribution is -2.60. The molecule has 0 unspecified atom stereocenters. The second-order valence-electron chi connectivity index (χ2n) is 19.1. The van der Waals surface area contributed by atoms with E-state index in [1.807, 2.05) is 50.3 Å². The molecular weight excluding hydrogens is 852 g/mol. The van der Waals surface area contributed by atoms with Gasteiger partial charge in [-0.3, -0.25) is 14.3 Å². The molecule has 0 aliphatic carbocycles. The van der Waals surface area contributed by atoms with Crippen LogP contribution in [-0.2, 0) is 44.6 Å². The van der Waals surface area contributed by atoms with Crippen LogP contribution >= 0.6 is 0 Å². The SMILES string of the molecule is CC[C@H]1OC(=O)[C@@](C)(F)C(=O)[C@H](C)[C@@H](O[C@@H]2O[C@H](C)C[C@H](N(C)C)[C@H]2OC(=O)c2ccccc2)[C@@H](C)C[C@@H](C)C(=O)[C@H](C)[C@H]2N(CCCCn3cc(-c4cccc(N)c4)nn3)C(=O)O[C@]12C. The van der Waals surface area contributed by atoms with Crippen LogP contribution < -0.4 is 5.73 Å². The van der Waals surface area contributed by atoms with Crippen LogP contribution in [0.3, 0.4) is 0 Å². The Morgan fingerprint density at radius 3 is 2.30 bits per heavy atom. The highest BCUT2D eigenvalue weighted by Gasteiger charge is 2.61. The molecular formula is C49H67FN6O10. The molecule has 1 amide bonds. The number of fused-ring (bicyclic) bond motifs is 1. The van der Waals surface area contributed by atoms with Crippen molar-refractivity contribution in [2.24, 2.45) is 23.7 Å². The molecule has 1 aromatic heterocycles. The number of cyclic esters (lactones) is 1. The quantitative estimate of drug-likeness (QED) is 0.0663. The van der Waals surface area contributed by atoms with E-state index in [1.54, 1.807) is 75.7 Å². The first-order valence-corrected chi connectivity index (χ1v) is 23.1. The molecule has 6 rings (SSSR count). The Hall–Kier alpha value is -5.26. The van der Waals surface area contributed by atoms with Gasteiger partial charge in [0.05, 0.1) is 36.1 Å². The normalized spacial score (nSPS) is 33.5. The van der Waals surface area contributed by atoms with Crippen molar-refractivity contribution >= 4 is 35.3 Å². The molecule has 2 N–H and O–H groups in total. The highest BCUT2D eigenvalue weighted by molar-refractivity contribution is 6.07. The zero-order valence-corrected chi connectivity index (χ0v) is 39.8. The molecule has 360 valence electrons. The number of likely N-dealkylation sites (N-methyl/N-ethyl adjacent to an activating group) is 1. The van der Waals surface area contributed by atoms with Crippen molar-refractivity contribution in [1.82, 2.24) is 24.8 Å². The Bertz CT molecular complexity index is 2200. The molecule has 66 heavy (non-hydrogen) atoms. The number of carbonyl (C=O) groups excluding carboxylic acids is 5. The summed E-state index contributed by atoms with van der Waals surface area (Å²) >= 11 is 0. The molecule has 3 saturated heterocycles. The van der Waals surface area contributed by atoms with Crippen LogP contribution in [0.25, 0.3) is 11.3 Å². The molecule has 17 heteroatoms. The number of esters is 2. The average molecular weight is 919 g/mol. The van der Waals surface area contributed by atoms with Crippen molar-refractivity contribution < 1.29 is 52.0 Å². The number of nitrogens with zero attached hydrogens (tertiary/aromatic N) is 5. The maximum atomic E-state index is 17.1. The molecule has 0 radical (unpaired) electrons. The molecule has 3 aromatic rings. The van der Waals surface area contributed by atoms with Gasteiger partial charge in [0.15, 0.2) is 23.8 Å². The topological polar surface area (TPSA) is 195 Å². The summed E-state index contributed by atoms with van der Waals surface area (Å²) in [5.41, 5.74) is 3.62. The second-order valence-corrected chi connectivity index (χ2v) is 19.1. The van der Waals surface area contributed by atoms with E-state index in [2.05, 4.69) is 10.3 Å². The van der Waals surface area contributed by atoms with Crippen LogP contribution in [-0.4, -0.2) is 129 Å². The zero-order chi connectivity index (χ0) is 48.2. The minimum Gasteiger partial charge on any atom is -0.455 e. The first kappa shape index (κ1) is 50.2. The molecule has 16 nitrogen and oxygen atoms in total. The Kier molecular flexibility index (Phi) is 15.7. The number of benzene rings is 2. The van der Waals surface area contributed by atoms with Gasteiger partial charge in [-0.25, -0.2) is 18.8 Å². The van der Waals surface area contributed by atoms with Gasteiger partial charge in [0.25, 0.3) is 5.67 Å². The molecule has 0 saturated carbocycles. The first-order valence-electron chi connectivity index (χ1n) is 23.1. The molecule has 13 atom stereocenters. The van der Waals surface area contributed by atoms with E-state index in [0.717, 1.165) is 12.5 Å². The lowest BCUT2D eigenvalue weighted by atomic mass is 9.74. The van der Waals surface area contributed by atoms with Gasteiger partial charge < -0.3 is 39.2 Å². The molecule has 4 heterocycles. The van der Waals surface area contributed by atoms with E-state index in [-0.39, 0.29) is 37.3 Å². The van der Waals surface area contributed by atoms with Gasteiger partial charge in [-0.2, -0.15) is 0 Å². The predicted molar refractivity (Wildman–Crippen MR) is 242 cm³/mol. The van der Waals surface area contributed by atoms with Crippen molar-refractivity contribution in [3.63, 3.8) is 0 Å². The van der Waals surface area contributed by atoms with Gasteiger partial charge in [0.1, 0.15) is 17.6 Å². The summed E-state index contributed by atoms with van der Waals surface area (Å²) in [4.78, 5) is 74.0. The Balaban J connectivity index is 1.27. The van der Waals surface area contributed by atoms with E-state index in [0.29, 0.717) is 42.8 Å². The Labute approximate surface area is 386 Å². The minimum absolute atomic E-state index is 0.0773. The standard InChI is InChI=1S/C49H67FN6O10/c1-11-38-49(8)42(56(47(61)66-49)23-16-15-22-55-27-36(52-53-55)34-20-17-21-35(51)26-34)31(5)39(57)28(2)24-29(3)40(32(6)43(58)48(7,50)46(60)63-38)65-45-41(37(54(9)10)25-30(4)62-45)64-44(59)33-18-13-12-14-19-33/h12-14,17-21,26-32,37-38,40-42,45H,11,15-16,22-25,51H2,1-10H3/t28-,29+,30-,31+,32-,37+,38-,40+,41-,42-,45+,48+,49-/m1/s1. The first-order chi connectivity index (χ1) is 31.2. The number of hydrogen-bond acceptors (Lipinski definition) is 14. The number of Topliss-reactive ketones (excluding diaryl/α,β-unsaturated/α-hetero) is 2. The third-order valence-electron chi connectivity index (χ3n) is 13.7. The molecule has 0 bridgehead atoms. The van der Waals surface area contributed by atoms with E-state index < -0.39 is 89.4 Å². The van der Waals surface area contributed by atoms with Crippen LogP contribution in [0.1, 0.15) is 97.9 Å². The number of nitrogen functional groups attached to an aromatic ring is 1. The highest BCUT2D eigenvalue weighted by Crippen LogP contribution is 2.43. The third kappa shape index (κ3) is 10.6. The van der Waals surface area contributed by atoms with Crippen molar-refractivity contribution in [2.45, 2.75) is 148 Å². The summed E-state index contributed by atoms with van der Waals surface area (Å²) < 4.78 is 50.0. The molecule has 0 spiro atoms. The fraction of sp³-hybridized carbons (Fsp3) is 0.612. The smallest absolute Gasteiger partial charge is 0.410 e. The molecule has 3 aliphatic heterocycles. The summed E-state index contributed by atoms with van der Waals surface area (Å²) in [5, 5.41) is 8.53. The number of rotatable bonds is 12. The summed E-state index contributed by atoms with van der Waals surface area (Å²) in [6, 6.07) is 14.5. The summed E-state index contributed by atoms with van der Waals surface area (Å²) in [5.74, 6) is -6.72. The fourth-order valence-electron chi connectivity index (χ4n) is 10.1. The van der Waals surface area contributed by atoms with Crippen molar-refractivity contribution in [3.8, 4) is 11.3 Å². The number of halogens is 1. The van der Waals surface area contributed by atoms with Crippen LogP contribution in [0.4, 0.5) is 14.9 Å². The van der Waals surface area contributed by atoms with E-state index >= 15 is 4.39 Å². The van der Waals surface area contributed by atoms with Gasteiger partial charge in [-0.1, -0.05) is 70.2 Å². The number of amides is 1. The third-order valence-corrected chi connectivity index (χ3v) is 13.7. The Morgan fingerprint density at radius 1 is 0.939 bits per heavy atom. The van der Waals surface area contributed by atoms with Gasteiger partial charge in [-0.05, 0) is 97.2 Å². The van der Waals surface area contributed by atoms with Crippen LogP contribution in [0, 0.1) is 23.7 Å². The molecule has 3 fully saturated rings. The number of ketones is 2. The Morgan fingerprint density at radius 2 is 1.64 bits per heavy atom. The number of alkyl halides is 1. The van der Waals surface area contributed by atoms with Crippen LogP contribution in [0.2, 0.25) is 0 Å². The minimum atomic E-state index is -3.17. The van der Waals surface area contributed by atoms with Gasteiger partial charge in [0.2, 0.25) is 0 Å². The molecule has 3 aliphatic rings. The highest BCUT2D eigenvalue weighted by atomic mass is 19.1. The number of aryl methyl sites for hydroxylation is 1. The lowest BCUT2D eigenvalue weighted by molar-refractivity contribution is -0.277. The predicted octanol–water partition coefficient (Wildman–Crippen LogP) is 6.70. The van der Waals surface area contributed by atoms with Crippen molar-refractivity contribution in [2.75, 3.05) is 26.4 Å². The summed E-state index contributed by atoms with van der Waals surface area (Å²) in [6.07, 6.45) is -1.99. The maximum Gasteiger partial charge on any atom is 0.410 e. The number of ether oxygens (including phenoxy) is 5. The number of nitrogens with two attached hydrogens (primary N) is 1.